The average Bonchev–Trinajstić information content (AvgIpc) is 3.20. The van der Waals surface area contributed by atoms with E-state index in [1.807, 2.05) is 19.9 Å². The summed E-state index contributed by atoms with van der Waals surface area (Å²) in [6, 6.07) is 9.68. The van der Waals surface area contributed by atoms with Gasteiger partial charge in [-0.2, -0.15) is 4.68 Å². The number of nitrogens with one attached hydrogen (secondary N) is 1. The van der Waals surface area contributed by atoms with E-state index in [0.717, 1.165) is 5.56 Å². The number of nitrogens with zero attached hydrogens (tertiary/aromatic N) is 6. The van der Waals surface area contributed by atoms with Gasteiger partial charge in [-0.25, -0.2) is 4.39 Å². The van der Waals surface area contributed by atoms with Crippen LogP contribution in [-0.2, 0) is 0 Å². The number of aryl methyl sites for hydroxylation is 2. The molecular weight excluding hydrogens is 397 g/mol. The Labute approximate surface area is 178 Å². The molecule has 31 heavy (non-hydrogen) atoms. The van der Waals surface area contributed by atoms with E-state index < -0.39 is 0 Å². The van der Waals surface area contributed by atoms with Gasteiger partial charge in [0, 0.05) is 23.5 Å². The summed E-state index contributed by atoms with van der Waals surface area (Å²) in [5.74, 6) is -0.162. The first-order valence-electron chi connectivity index (χ1n) is 9.66. The molecule has 1 N–H and O–H groups in total. The summed E-state index contributed by atoms with van der Waals surface area (Å²) in [5, 5.41) is 14.4. The van der Waals surface area contributed by atoms with Crippen molar-refractivity contribution in [2.45, 2.75) is 26.8 Å². The lowest BCUT2D eigenvalue weighted by molar-refractivity contribution is 0.0939. The van der Waals surface area contributed by atoms with E-state index >= 15 is 0 Å². The van der Waals surface area contributed by atoms with Crippen LogP contribution in [0.15, 0.2) is 55.0 Å². The maximum absolute atomic E-state index is 14.7. The van der Waals surface area contributed by atoms with Crippen LogP contribution in [0, 0.1) is 19.7 Å². The molecule has 0 aliphatic heterocycles. The van der Waals surface area contributed by atoms with Crippen molar-refractivity contribution in [2.75, 3.05) is 0 Å². The van der Waals surface area contributed by atoms with E-state index in [1.165, 1.54) is 10.7 Å². The van der Waals surface area contributed by atoms with Gasteiger partial charge in [0.1, 0.15) is 5.82 Å². The summed E-state index contributed by atoms with van der Waals surface area (Å²) in [5.41, 5.74) is 3.27. The van der Waals surface area contributed by atoms with Crippen LogP contribution >= 0.6 is 0 Å². The SMILES string of the molecule is Cc1ccc(-c2cc(C(=O)NC(C)c3cnccn3)cc(-n3nnnc3C)c2)c(F)c1. The molecule has 0 spiro atoms. The van der Waals surface area contributed by atoms with Crippen molar-refractivity contribution in [1.29, 1.82) is 0 Å². The molecule has 1 atom stereocenters. The highest BCUT2D eigenvalue weighted by molar-refractivity contribution is 5.96. The van der Waals surface area contributed by atoms with Crippen molar-refractivity contribution < 1.29 is 9.18 Å². The topological polar surface area (TPSA) is 98.5 Å². The van der Waals surface area contributed by atoms with E-state index in [9.17, 15) is 9.18 Å². The fourth-order valence-electron chi connectivity index (χ4n) is 3.23. The van der Waals surface area contributed by atoms with Crippen LogP contribution in [-0.4, -0.2) is 36.1 Å². The molecule has 2 aromatic heterocycles. The van der Waals surface area contributed by atoms with E-state index in [0.29, 0.717) is 33.9 Å². The Kier molecular flexibility index (Phi) is 5.48. The second-order valence-corrected chi connectivity index (χ2v) is 7.22. The maximum Gasteiger partial charge on any atom is 0.251 e. The fraction of sp³-hybridized carbons (Fsp3) is 0.182. The molecule has 1 amide bonds. The molecule has 0 saturated heterocycles. The number of amides is 1. The van der Waals surface area contributed by atoms with Crippen molar-refractivity contribution in [2.24, 2.45) is 0 Å². The van der Waals surface area contributed by atoms with Crippen LogP contribution in [0.4, 0.5) is 4.39 Å². The number of carbonyl (C=O) groups is 1. The molecule has 0 bridgehead atoms. The smallest absolute Gasteiger partial charge is 0.251 e. The molecule has 2 heterocycles. The highest BCUT2D eigenvalue weighted by Crippen LogP contribution is 2.28. The number of rotatable bonds is 5. The van der Waals surface area contributed by atoms with Crippen LogP contribution in [0.5, 0.6) is 0 Å². The summed E-state index contributed by atoms with van der Waals surface area (Å²) in [6.07, 6.45) is 4.73. The Balaban J connectivity index is 1.76. The first-order valence-corrected chi connectivity index (χ1v) is 9.66. The molecule has 2 aromatic carbocycles. The summed E-state index contributed by atoms with van der Waals surface area (Å²) in [7, 11) is 0. The van der Waals surface area contributed by atoms with Gasteiger partial charge in [0.15, 0.2) is 5.82 Å². The number of carbonyl (C=O) groups excluding carboxylic acids is 1. The molecule has 9 heteroatoms. The van der Waals surface area contributed by atoms with Crippen LogP contribution in [0.25, 0.3) is 16.8 Å². The number of benzene rings is 2. The van der Waals surface area contributed by atoms with Crippen LogP contribution in [0.1, 0.15) is 40.4 Å². The number of aromatic nitrogens is 6. The average molecular weight is 417 g/mol. The molecule has 8 nitrogen and oxygen atoms in total. The van der Waals surface area contributed by atoms with Gasteiger partial charge in [0.05, 0.1) is 23.6 Å². The van der Waals surface area contributed by atoms with E-state index in [2.05, 4.69) is 30.8 Å². The molecule has 0 saturated carbocycles. The normalized spacial score (nSPS) is 11.9. The summed E-state index contributed by atoms with van der Waals surface area (Å²) >= 11 is 0. The minimum Gasteiger partial charge on any atom is -0.344 e. The fourth-order valence-corrected chi connectivity index (χ4v) is 3.23. The molecule has 1 unspecified atom stereocenters. The summed E-state index contributed by atoms with van der Waals surface area (Å²) < 4.78 is 16.2. The first kappa shape index (κ1) is 20.3. The Morgan fingerprint density at radius 1 is 1.13 bits per heavy atom. The number of halogens is 1. The quantitative estimate of drug-likeness (QED) is 0.535. The Hall–Kier alpha value is -4.01. The monoisotopic (exact) mass is 417 g/mol. The van der Waals surface area contributed by atoms with Gasteiger partial charge in [-0.15, -0.1) is 5.10 Å². The number of tetrazole rings is 1. The van der Waals surface area contributed by atoms with Crippen molar-refractivity contribution in [3.63, 3.8) is 0 Å². The Bertz CT molecular complexity index is 1240. The van der Waals surface area contributed by atoms with Crippen LogP contribution < -0.4 is 5.32 Å². The Morgan fingerprint density at radius 2 is 1.97 bits per heavy atom. The van der Waals surface area contributed by atoms with Gasteiger partial charge in [-0.1, -0.05) is 12.1 Å². The van der Waals surface area contributed by atoms with Crippen LogP contribution in [0.3, 0.4) is 0 Å². The molecule has 156 valence electrons. The number of hydrogen-bond acceptors (Lipinski definition) is 6. The predicted octanol–water partition coefficient (Wildman–Crippen LogP) is 3.37. The van der Waals surface area contributed by atoms with Gasteiger partial charge in [0.2, 0.25) is 0 Å². The second kappa shape index (κ2) is 8.39. The van der Waals surface area contributed by atoms with Crippen molar-refractivity contribution >= 4 is 5.91 Å². The molecule has 4 rings (SSSR count). The molecule has 0 aliphatic rings. The molecule has 0 radical (unpaired) electrons. The van der Waals surface area contributed by atoms with Gasteiger partial charge < -0.3 is 5.32 Å². The van der Waals surface area contributed by atoms with E-state index in [4.69, 9.17) is 0 Å². The molecule has 0 aliphatic carbocycles. The maximum atomic E-state index is 14.7. The van der Waals surface area contributed by atoms with Crippen LogP contribution in [0.2, 0.25) is 0 Å². The largest absolute Gasteiger partial charge is 0.344 e. The van der Waals surface area contributed by atoms with Crippen molar-refractivity contribution in [3.05, 3.63) is 83.5 Å². The van der Waals surface area contributed by atoms with Gasteiger partial charge in [-0.05, 0) is 66.6 Å². The van der Waals surface area contributed by atoms with Crippen molar-refractivity contribution in [3.8, 4) is 16.8 Å². The zero-order chi connectivity index (χ0) is 22.0. The van der Waals surface area contributed by atoms with Gasteiger partial charge >= 0.3 is 0 Å². The summed E-state index contributed by atoms with van der Waals surface area (Å²) in [4.78, 5) is 21.3. The zero-order valence-corrected chi connectivity index (χ0v) is 17.2. The molecule has 0 fully saturated rings. The molecule has 4 aromatic rings. The van der Waals surface area contributed by atoms with Gasteiger partial charge in [0.25, 0.3) is 5.91 Å². The van der Waals surface area contributed by atoms with Crippen molar-refractivity contribution in [1.82, 2.24) is 35.5 Å². The first-order chi connectivity index (χ1) is 14.9. The predicted molar refractivity (Wildman–Crippen MR) is 112 cm³/mol. The third-order valence-corrected chi connectivity index (χ3v) is 4.86. The Morgan fingerprint density at radius 3 is 2.65 bits per heavy atom. The highest BCUT2D eigenvalue weighted by Gasteiger charge is 2.17. The summed E-state index contributed by atoms with van der Waals surface area (Å²) in [6.45, 7) is 5.38. The van der Waals surface area contributed by atoms with E-state index in [1.54, 1.807) is 49.8 Å². The highest BCUT2D eigenvalue weighted by atomic mass is 19.1. The lowest BCUT2D eigenvalue weighted by atomic mass is 9.99. The third-order valence-electron chi connectivity index (χ3n) is 4.86. The molecular formula is C22H20FN7O. The lowest BCUT2D eigenvalue weighted by Gasteiger charge is -2.15. The van der Waals surface area contributed by atoms with E-state index in [-0.39, 0.29) is 17.8 Å². The minimum absolute atomic E-state index is 0.334. The standard InChI is InChI=1S/C22H20FN7O/c1-13-4-5-19(20(23)8-13)16-9-17(11-18(10-16)30-15(3)27-28-29-30)22(31)26-14(2)21-12-24-6-7-25-21/h4-12,14H,1-3H3,(H,26,31). The lowest BCUT2D eigenvalue weighted by Crippen LogP contribution is -2.27. The second-order valence-electron chi connectivity index (χ2n) is 7.22. The third kappa shape index (κ3) is 4.30. The number of hydrogen-bond donors (Lipinski definition) is 1. The van der Waals surface area contributed by atoms with Gasteiger partial charge in [-0.3, -0.25) is 14.8 Å². The zero-order valence-electron chi connectivity index (χ0n) is 17.2. The minimum atomic E-state index is -0.370.